The lowest BCUT2D eigenvalue weighted by Gasteiger charge is -2.17. The molecule has 0 aromatic heterocycles. The lowest BCUT2D eigenvalue weighted by atomic mass is 9.97. The number of aliphatic hydroxyl groups excluding tert-OH is 1. The molecule has 1 amide bonds. The normalized spacial score (nSPS) is 12.8. The summed E-state index contributed by atoms with van der Waals surface area (Å²) in [7, 11) is 0. The summed E-state index contributed by atoms with van der Waals surface area (Å²) in [5.41, 5.74) is 0. The summed E-state index contributed by atoms with van der Waals surface area (Å²) < 4.78 is 0. The molecule has 0 rings (SSSR count). The van der Waals surface area contributed by atoms with E-state index in [0.717, 1.165) is 32.1 Å². The van der Waals surface area contributed by atoms with Crippen molar-refractivity contribution in [2.45, 2.75) is 52.9 Å². The van der Waals surface area contributed by atoms with Crippen molar-refractivity contribution in [2.75, 3.05) is 13.2 Å². The van der Waals surface area contributed by atoms with Crippen LogP contribution in [-0.2, 0) is 4.79 Å². The van der Waals surface area contributed by atoms with Crippen molar-refractivity contribution in [3.8, 4) is 0 Å². The van der Waals surface area contributed by atoms with E-state index in [9.17, 15) is 4.79 Å². The average Bonchev–Trinajstić information content (AvgIpc) is 2.26. The highest BCUT2D eigenvalue weighted by Gasteiger charge is 2.16. The quantitative estimate of drug-likeness (QED) is 0.637. The van der Waals surface area contributed by atoms with Gasteiger partial charge in [0.1, 0.15) is 0 Å². The third-order valence-electron chi connectivity index (χ3n) is 2.89. The number of aliphatic hydroxyl groups is 1. The molecule has 0 fully saturated rings. The highest BCUT2D eigenvalue weighted by Crippen LogP contribution is 2.13. The van der Waals surface area contributed by atoms with Crippen molar-refractivity contribution in [3.63, 3.8) is 0 Å². The number of rotatable bonds is 9. The van der Waals surface area contributed by atoms with Gasteiger partial charge in [-0.3, -0.25) is 4.79 Å². The van der Waals surface area contributed by atoms with E-state index in [1.807, 2.05) is 6.92 Å². The molecular weight excluding hydrogens is 202 g/mol. The molecule has 3 heteroatoms. The lowest BCUT2D eigenvalue weighted by molar-refractivity contribution is -0.125. The molecule has 0 saturated heterocycles. The van der Waals surface area contributed by atoms with Crippen LogP contribution in [0.5, 0.6) is 0 Å². The standard InChI is InChI=1S/C13H27NO2/c1-4-6-12(7-5-2)13(16)14-10-11(3)8-9-15/h11-12,15H,4-10H2,1-3H3,(H,14,16). The second-order valence-electron chi connectivity index (χ2n) is 4.64. The Morgan fingerprint density at radius 2 is 1.75 bits per heavy atom. The third kappa shape index (κ3) is 6.83. The summed E-state index contributed by atoms with van der Waals surface area (Å²) in [6, 6.07) is 0. The van der Waals surface area contributed by atoms with Gasteiger partial charge in [0.2, 0.25) is 5.91 Å². The minimum atomic E-state index is 0.177. The first-order valence-corrected chi connectivity index (χ1v) is 6.54. The molecule has 1 unspecified atom stereocenters. The minimum absolute atomic E-state index is 0.177. The SMILES string of the molecule is CCCC(CCC)C(=O)NCC(C)CCO. The fourth-order valence-electron chi connectivity index (χ4n) is 1.85. The summed E-state index contributed by atoms with van der Waals surface area (Å²) in [6.07, 6.45) is 4.84. The molecule has 1 atom stereocenters. The van der Waals surface area contributed by atoms with E-state index in [0.29, 0.717) is 12.5 Å². The Morgan fingerprint density at radius 3 is 2.19 bits per heavy atom. The molecule has 0 aliphatic carbocycles. The molecule has 2 N–H and O–H groups in total. The smallest absolute Gasteiger partial charge is 0.223 e. The Hall–Kier alpha value is -0.570. The van der Waals surface area contributed by atoms with Crippen LogP contribution < -0.4 is 5.32 Å². The zero-order valence-electron chi connectivity index (χ0n) is 11.0. The van der Waals surface area contributed by atoms with Gasteiger partial charge < -0.3 is 10.4 Å². The maximum Gasteiger partial charge on any atom is 0.223 e. The van der Waals surface area contributed by atoms with E-state index in [1.165, 1.54) is 0 Å². The molecule has 0 heterocycles. The molecule has 0 aromatic carbocycles. The van der Waals surface area contributed by atoms with E-state index in [1.54, 1.807) is 0 Å². The topological polar surface area (TPSA) is 49.3 Å². The molecule has 0 aromatic rings. The van der Waals surface area contributed by atoms with Gasteiger partial charge in [-0.2, -0.15) is 0 Å². The van der Waals surface area contributed by atoms with Crippen molar-refractivity contribution in [3.05, 3.63) is 0 Å². The Morgan fingerprint density at radius 1 is 1.19 bits per heavy atom. The van der Waals surface area contributed by atoms with Crippen LogP contribution >= 0.6 is 0 Å². The molecule has 16 heavy (non-hydrogen) atoms. The van der Waals surface area contributed by atoms with Crippen molar-refractivity contribution in [2.24, 2.45) is 11.8 Å². The van der Waals surface area contributed by atoms with E-state index in [4.69, 9.17) is 5.11 Å². The second-order valence-corrected chi connectivity index (χ2v) is 4.64. The fraction of sp³-hybridized carbons (Fsp3) is 0.923. The van der Waals surface area contributed by atoms with Gasteiger partial charge in [0.05, 0.1) is 0 Å². The monoisotopic (exact) mass is 229 g/mol. The Labute approximate surface area is 99.6 Å². The van der Waals surface area contributed by atoms with E-state index >= 15 is 0 Å². The first-order valence-electron chi connectivity index (χ1n) is 6.54. The van der Waals surface area contributed by atoms with Crippen LogP contribution in [0, 0.1) is 11.8 Å². The number of carbonyl (C=O) groups is 1. The minimum Gasteiger partial charge on any atom is -0.396 e. The largest absolute Gasteiger partial charge is 0.396 e. The van der Waals surface area contributed by atoms with Crippen molar-refractivity contribution in [1.82, 2.24) is 5.32 Å². The zero-order valence-corrected chi connectivity index (χ0v) is 11.0. The fourth-order valence-corrected chi connectivity index (χ4v) is 1.85. The van der Waals surface area contributed by atoms with Gasteiger partial charge in [0.25, 0.3) is 0 Å². The zero-order chi connectivity index (χ0) is 12.4. The van der Waals surface area contributed by atoms with Gasteiger partial charge in [-0.1, -0.05) is 33.6 Å². The molecule has 0 aliphatic rings. The van der Waals surface area contributed by atoms with Gasteiger partial charge in [0, 0.05) is 19.1 Å². The summed E-state index contributed by atoms with van der Waals surface area (Å²) in [5, 5.41) is 11.8. The van der Waals surface area contributed by atoms with Gasteiger partial charge in [-0.25, -0.2) is 0 Å². The van der Waals surface area contributed by atoms with Gasteiger partial charge >= 0.3 is 0 Å². The average molecular weight is 229 g/mol. The molecule has 0 radical (unpaired) electrons. The lowest BCUT2D eigenvalue weighted by Crippen LogP contribution is -2.34. The summed E-state index contributed by atoms with van der Waals surface area (Å²) in [6.45, 7) is 7.16. The van der Waals surface area contributed by atoms with Crippen LogP contribution in [0.15, 0.2) is 0 Å². The maximum absolute atomic E-state index is 11.9. The van der Waals surface area contributed by atoms with Crippen molar-refractivity contribution >= 4 is 5.91 Å². The highest BCUT2D eigenvalue weighted by atomic mass is 16.3. The van der Waals surface area contributed by atoms with E-state index in [2.05, 4.69) is 19.2 Å². The Bertz CT molecular complexity index is 177. The molecule has 0 bridgehead atoms. The van der Waals surface area contributed by atoms with E-state index in [-0.39, 0.29) is 18.4 Å². The number of hydrogen-bond donors (Lipinski definition) is 2. The number of carbonyl (C=O) groups excluding carboxylic acids is 1. The van der Waals surface area contributed by atoms with Gasteiger partial charge in [0.15, 0.2) is 0 Å². The number of amides is 1. The summed E-state index contributed by atoms with van der Waals surface area (Å²) in [4.78, 5) is 11.9. The maximum atomic E-state index is 11.9. The first kappa shape index (κ1) is 15.4. The molecule has 0 aliphatic heterocycles. The first-order chi connectivity index (χ1) is 7.65. The predicted octanol–water partition coefficient (Wildman–Crippen LogP) is 2.34. The van der Waals surface area contributed by atoms with Crippen LogP contribution in [0.25, 0.3) is 0 Å². The predicted molar refractivity (Wildman–Crippen MR) is 67.2 cm³/mol. The number of hydrogen-bond acceptors (Lipinski definition) is 2. The Kier molecular flexibility index (Phi) is 9.30. The van der Waals surface area contributed by atoms with Gasteiger partial charge in [-0.15, -0.1) is 0 Å². The molecule has 3 nitrogen and oxygen atoms in total. The van der Waals surface area contributed by atoms with E-state index < -0.39 is 0 Å². The van der Waals surface area contributed by atoms with Crippen LogP contribution in [0.4, 0.5) is 0 Å². The molecule has 0 spiro atoms. The van der Waals surface area contributed by atoms with Gasteiger partial charge in [-0.05, 0) is 25.2 Å². The Balaban J connectivity index is 3.90. The van der Waals surface area contributed by atoms with Crippen molar-refractivity contribution < 1.29 is 9.90 Å². The van der Waals surface area contributed by atoms with Crippen LogP contribution in [0.2, 0.25) is 0 Å². The summed E-state index contributed by atoms with van der Waals surface area (Å²) in [5.74, 6) is 0.725. The third-order valence-corrected chi connectivity index (χ3v) is 2.89. The molecular formula is C13H27NO2. The highest BCUT2D eigenvalue weighted by molar-refractivity contribution is 5.78. The van der Waals surface area contributed by atoms with Crippen LogP contribution in [0.1, 0.15) is 52.9 Å². The van der Waals surface area contributed by atoms with Crippen molar-refractivity contribution in [1.29, 1.82) is 0 Å². The summed E-state index contributed by atoms with van der Waals surface area (Å²) >= 11 is 0. The molecule has 0 saturated carbocycles. The number of nitrogens with one attached hydrogen (secondary N) is 1. The second kappa shape index (κ2) is 9.64. The van der Waals surface area contributed by atoms with Crippen LogP contribution in [-0.4, -0.2) is 24.2 Å². The van der Waals surface area contributed by atoms with Crippen LogP contribution in [0.3, 0.4) is 0 Å². The molecule has 96 valence electrons.